The minimum absolute atomic E-state index is 0.00150. The molecule has 3 rings (SSSR count). The SMILES string of the molecule is O=C(OC1CCCC1)C1CNCCN1C(=O)OCc1ccccc1. The van der Waals surface area contributed by atoms with E-state index in [4.69, 9.17) is 9.47 Å². The Morgan fingerprint density at radius 3 is 2.67 bits per heavy atom. The van der Waals surface area contributed by atoms with Gasteiger partial charge in [0.25, 0.3) is 0 Å². The molecule has 1 aliphatic carbocycles. The van der Waals surface area contributed by atoms with Gasteiger partial charge in [0.2, 0.25) is 0 Å². The monoisotopic (exact) mass is 332 g/mol. The molecule has 1 amide bonds. The Morgan fingerprint density at radius 1 is 1.17 bits per heavy atom. The van der Waals surface area contributed by atoms with E-state index in [9.17, 15) is 9.59 Å². The second-order valence-corrected chi connectivity index (χ2v) is 6.30. The van der Waals surface area contributed by atoms with Gasteiger partial charge in [-0.15, -0.1) is 0 Å². The van der Waals surface area contributed by atoms with Crippen LogP contribution in [-0.4, -0.2) is 48.7 Å². The number of nitrogens with one attached hydrogen (secondary N) is 1. The lowest BCUT2D eigenvalue weighted by atomic mass is 10.2. The maximum atomic E-state index is 12.4. The van der Waals surface area contributed by atoms with Gasteiger partial charge in [0.05, 0.1) is 0 Å². The van der Waals surface area contributed by atoms with Crippen molar-refractivity contribution < 1.29 is 19.1 Å². The molecular weight excluding hydrogens is 308 g/mol. The Kier molecular flexibility index (Phi) is 5.69. The highest BCUT2D eigenvalue weighted by Crippen LogP contribution is 2.22. The average Bonchev–Trinajstić information content (AvgIpc) is 3.13. The number of nitrogens with zero attached hydrogens (tertiary/aromatic N) is 1. The van der Waals surface area contributed by atoms with Crippen molar-refractivity contribution in [3.63, 3.8) is 0 Å². The molecule has 1 atom stereocenters. The summed E-state index contributed by atoms with van der Waals surface area (Å²) < 4.78 is 10.9. The van der Waals surface area contributed by atoms with Crippen molar-refractivity contribution >= 4 is 12.1 Å². The summed E-state index contributed by atoms with van der Waals surface area (Å²) in [5, 5.41) is 3.15. The molecule has 2 aliphatic rings. The summed E-state index contributed by atoms with van der Waals surface area (Å²) in [6.45, 7) is 1.70. The number of esters is 1. The van der Waals surface area contributed by atoms with E-state index in [1.807, 2.05) is 30.3 Å². The third kappa shape index (κ3) is 4.26. The van der Waals surface area contributed by atoms with Gasteiger partial charge in [0.1, 0.15) is 18.8 Å². The second-order valence-electron chi connectivity index (χ2n) is 6.30. The van der Waals surface area contributed by atoms with Crippen LogP contribution in [0, 0.1) is 0 Å². The van der Waals surface area contributed by atoms with Crippen molar-refractivity contribution in [1.82, 2.24) is 10.2 Å². The van der Waals surface area contributed by atoms with Crippen molar-refractivity contribution in [3.05, 3.63) is 35.9 Å². The van der Waals surface area contributed by atoms with E-state index in [0.29, 0.717) is 19.6 Å². The Labute approximate surface area is 142 Å². The zero-order chi connectivity index (χ0) is 16.8. The summed E-state index contributed by atoms with van der Waals surface area (Å²) in [5.74, 6) is -0.328. The lowest BCUT2D eigenvalue weighted by Crippen LogP contribution is -2.57. The fourth-order valence-corrected chi connectivity index (χ4v) is 3.18. The zero-order valence-corrected chi connectivity index (χ0v) is 13.8. The molecule has 1 heterocycles. The summed E-state index contributed by atoms with van der Waals surface area (Å²) in [6.07, 6.45) is 3.58. The first-order chi connectivity index (χ1) is 11.7. The molecule has 6 nitrogen and oxygen atoms in total. The highest BCUT2D eigenvalue weighted by Gasteiger charge is 2.35. The maximum absolute atomic E-state index is 12.4. The predicted molar refractivity (Wildman–Crippen MR) is 88.3 cm³/mol. The molecule has 0 spiro atoms. The number of rotatable bonds is 4. The fraction of sp³-hybridized carbons (Fsp3) is 0.556. The number of amides is 1. The third-order valence-electron chi connectivity index (χ3n) is 4.54. The van der Waals surface area contributed by atoms with E-state index in [2.05, 4.69) is 5.32 Å². The molecule has 6 heteroatoms. The molecular formula is C18H24N2O4. The predicted octanol–water partition coefficient (Wildman–Crippen LogP) is 2.08. The summed E-state index contributed by atoms with van der Waals surface area (Å²) in [4.78, 5) is 26.3. The van der Waals surface area contributed by atoms with Gasteiger partial charge >= 0.3 is 12.1 Å². The molecule has 0 bridgehead atoms. The highest BCUT2D eigenvalue weighted by atomic mass is 16.6. The number of carbonyl (C=O) groups excluding carboxylic acids is 2. The molecule has 1 aromatic rings. The lowest BCUT2D eigenvalue weighted by molar-refractivity contribution is -0.155. The molecule has 24 heavy (non-hydrogen) atoms. The minimum Gasteiger partial charge on any atom is -0.461 e. The van der Waals surface area contributed by atoms with Gasteiger partial charge in [-0.1, -0.05) is 30.3 Å². The number of piperazine rings is 1. The lowest BCUT2D eigenvalue weighted by Gasteiger charge is -2.34. The van der Waals surface area contributed by atoms with E-state index in [-0.39, 0.29) is 18.7 Å². The molecule has 0 aromatic heterocycles. The van der Waals surface area contributed by atoms with Crippen molar-refractivity contribution in [2.24, 2.45) is 0 Å². The summed E-state index contributed by atoms with van der Waals surface area (Å²) in [6, 6.07) is 8.90. The van der Waals surface area contributed by atoms with E-state index in [0.717, 1.165) is 31.2 Å². The Morgan fingerprint density at radius 2 is 1.92 bits per heavy atom. The van der Waals surface area contributed by atoms with E-state index in [1.165, 1.54) is 4.90 Å². The van der Waals surface area contributed by atoms with Gasteiger partial charge in [-0.05, 0) is 31.2 Å². The van der Waals surface area contributed by atoms with E-state index < -0.39 is 12.1 Å². The van der Waals surface area contributed by atoms with Crippen LogP contribution in [0.2, 0.25) is 0 Å². The summed E-state index contributed by atoms with van der Waals surface area (Å²) >= 11 is 0. The van der Waals surface area contributed by atoms with Crippen LogP contribution in [0.1, 0.15) is 31.2 Å². The van der Waals surface area contributed by atoms with Crippen molar-refractivity contribution in [2.45, 2.75) is 44.4 Å². The normalized spacial score (nSPS) is 21.5. The quantitative estimate of drug-likeness (QED) is 0.855. The molecule has 0 radical (unpaired) electrons. The standard InChI is InChI=1S/C18H24N2O4/c21-17(24-15-8-4-5-9-15)16-12-19-10-11-20(16)18(22)23-13-14-6-2-1-3-7-14/h1-3,6-7,15-16,19H,4-5,8-13H2. The van der Waals surface area contributed by atoms with Gasteiger partial charge in [-0.25, -0.2) is 9.59 Å². The number of benzene rings is 1. The van der Waals surface area contributed by atoms with Crippen molar-refractivity contribution in [2.75, 3.05) is 19.6 Å². The Balaban J connectivity index is 1.56. The third-order valence-corrected chi connectivity index (χ3v) is 4.54. The Hall–Kier alpha value is -2.08. The van der Waals surface area contributed by atoms with Gasteiger partial charge in [0, 0.05) is 19.6 Å². The number of ether oxygens (including phenoxy) is 2. The number of hydrogen-bond donors (Lipinski definition) is 1. The van der Waals surface area contributed by atoms with Crippen molar-refractivity contribution in [1.29, 1.82) is 0 Å². The molecule has 1 saturated heterocycles. The van der Waals surface area contributed by atoms with Crippen LogP contribution in [0.3, 0.4) is 0 Å². The largest absolute Gasteiger partial charge is 0.461 e. The molecule has 1 N–H and O–H groups in total. The van der Waals surface area contributed by atoms with Crippen LogP contribution in [0.5, 0.6) is 0 Å². The summed E-state index contributed by atoms with van der Waals surface area (Å²) in [7, 11) is 0. The van der Waals surface area contributed by atoms with Crippen molar-refractivity contribution in [3.8, 4) is 0 Å². The highest BCUT2D eigenvalue weighted by molar-refractivity contribution is 5.82. The van der Waals surface area contributed by atoms with Crippen LogP contribution in [0.25, 0.3) is 0 Å². The van der Waals surface area contributed by atoms with Gasteiger partial charge in [0.15, 0.2) is 0 Å². The number of hydrogen-bond acceptors (Lipinski definition) is 5. The Bertz CT molecular complexity index is 557. The van der Waals surface area contributed by atoms with Crippen LogP contribution in [-0.2, 0) is 20.9 Å². The molecule has 130 valence electrons. The first kappa shape index (κ1) is 16.8. The zero-order valence-electron chi connectivity index (χ0n) is 13.8. The molecule has 1 aliphatic heterocycles. The topological polar surface area (TPSA) is 67.9 Å². The smallest absolute Gasteiger partial charge is 0.410 e. The van der Waals surface area contributed by atoms with Crippen LogP contribution in [0.4, 0.5) is 4.79 Å². The van der Waals surface area contributed by atoms with E-state index in [1.54, 1.807) is 0 Å². The molecule has 1 unspecified atom stereocenters. The van der Waals surface area contributed by atoms with Crippen LogP contribution >= 0.6 is 0 Å². The fourth-order valence-electron chi connectivity index (χ4n) is 3.18. The second kappa shape index (κ2) is 8.15. The van der Waals surface area contributed by atoms with Crippen LogP contribution in [0.15, 0.2) is 30.3 Å². The first-order valence-corrected chi connectivity index (χ1v) is 8.62. The molecule has 2 fully saturated rings. The molecule has 1 aromatic carbocycles. The maximum Gasteiger partial charge on any atom is 0.410 e. The summed E-state index contributed by atoms with van der Waals surface area (Å²) in [5.41, 5.74) is 0.922. The number of carbonyl (C=O) groups is 2. The molecule has 1 saturated carbocycles. The minimum atomic E-state index is -0.609. The first-order valence-electron chi connectivity index (χ1n) is 8.62. The van der Waals surface area contributed by atoms with E-state index >= 15 is 0 Å². The van der Waals surface area contributed by atoms with Gasteiger partial charge in [-0.3, -0.25) is 4.90 Å². The van der Waals surface area contributed by atoms with Gasteiger partial charge < -0.3 is 14.8 Å². The van der Waals surface area contributed by atoms with Gasteiger partial charge in [-0.2, -0.15) is 0 Å². The van der Waals surface area contributed by atoms with Crippen LogP contribution < -0.4 is 5.32 Å². The average molecular weight is 332 g/mol.